The number of rotatable bonds is 7. The largest absolute Gasteiger partial charge is 0.319 e. The van der Waals surface area contributed by atoms with Crippen molar-refractivity contribution in [2.45, 2.75) is 38.2 Å². The Hall–Kier alpha value is -0.810. The van der Waals surface area contributed by atoms with E-state index in [0.717, 1.165) is 12.0 Å². The monoisotopic (exact) mass is 297 g/mol. The predicted octanol–water partition coefficient (Wildman–Crippen LogP) is 4.67. The third-order valence-corrected chi connectivity index (χ3v) is 3.01. The van der Waals surface area contributed by atoms with E-state index in [2.05, 4.69) is 5.32 Å². The zero-order valence-electron chi connectivity index (χ0n) is 10.5. The second-order valence-electron chi connectivity index (χ2n) is 4.34. The summed E-state index contributed by atoms with van der Waals surface area (Å²) in [5, 5.41) is 3.04. The van der Waals surface area contributed by atoms with Crippen molar-refractivity contribution in [1.29, 1.82) is 0 Å². The van der Waals surface area contributed by atoms with Crippen LogP contribution in [0.2, 0.25) is 5.02 Å². The van der Waals surface area contributed by atoms with Crippen LogP contribution in [0.3, 0.4) is 0 Å². The van der Waals surface area contributed by atoms with E-state index in [1.165, 1.54) is 0 Å². The Morgan fingerprint density at radius 3 is 2.26 bits per heavy atom. The fraction of sp³-hybridized carbons (Fsp3) is 0.538. The molecule has 0 amide bonds. The maximum Gasteiger partial charge on any atom is 0.319 e. The lowest BCUT2D eigenvalue weighted by atomic mass is 10.0. The Morgan fingerprint density at radius 1 is 1.21 bits per heavy atom. The van der Waals surface area contributed by atoms with Crippen LogP contribution in [0.15, 0.2) is 24.3 Å². The molecule has 19 heavy (non-hydrogen) atoms. The van der Waals surface area contributed by atoms with Crippen molar-refractivity contribution < 1.29 is 17.6 Å². The molecule has 1 aromatic rings. The van der Waals surface area contributed by atoms with Gasteiger partial charge in [-0.2, -0.15) is 8.78 Å². The molecule has 0 aliphatic carbocycles. The van der Waals surface area contributed by atoms with Crippen molar-refractivity contribution in [3.8, 4) is 0 Å². The van der Waals surface area contributed by atoms with Crippen LogP contribution in [-0.2, 0) is 0 Å². The molecule has 1 rings (SSSR count). The Kier molecular flexibility index (Phi) is 6.07. The van der Waals surface area contributed by atoms with Crippen LogP contribution < -0.4 is 5.32 Å². The summed E-state index contributed by atoms with van der Waals surface area (Å²) >= 11 is 5.75. The van der Waals surface area contributed by atoms with Gasteiger partial charge in [-0.25, -0.2) is 8.78 Å². The van der Waals surface area contributed by atoms with Gasteiger partial charge in [0.05, 0.1) is 6.54 Å². The zero-order chi connectivity index (χ0) is 14.5. The molecule has 1 nitrogen and oxygen atoms in total. The van der Waals surface area contributed by atoms with Crippen LogP contribution in [0, 0.1) is 0 Å². The van der Waals surface area contributed by atoms with Gasteiger partial charge in [-0.05, 0) is 24.1 Å². The maximum atomic E-state index is 12.9. The highest BCUT2D eigenvalue weighted by atomic mass is 35.5. The van der Waals surface area contributed by atoms with Crippen LogP contribution in [-0.4, -0.2) is 18.9 Å². The third kappa shape index (κ3) is 4.99. The molecule has 0 saturated heterocycles. The third-order valence-electron chi connectivity index (χ3n) is 2.75. The van der Waals surface area contributed by atoms with Gasteiger partial charge < -0.3 is 5.32 Å². The number of hydrogen-bond donors (Lipinski definition) is 1. The van der Waals surface area contributed by atoms with E-state index in [4.69, 9.17) is 11.6 Å². The van der Waals surface area contributed by atoms with Crippen LogP contribution in [0.1, 0.15) is 31.4 Å². The smallest absolute Gasteiger partial charge is 0.304 e. The topological polar surface area (TPSA) is 12.0 Å². The van der Waals surface area contributed by atoms with Crippen molar-refractivity contribution in [2.75, 3.05) is 6.54 Å². The average molecular weight is 298 g/mol. The molecule has 0 fully saturated rings. The summed E-state index contributed by atoms with van der Waals surface area (Å²) in [6.45, 7) is 0.855. The molecule has 0 bridgehead atoms. The second-order valence-corrected chi connectivity index (χ2v) is 4.77. The molecule has 0 aromatic heterocycles. The molecule has 1 unspecified atom stereocenters. The summed E-state index contributed by atoms with van der Waals surface area (Å²) in [5.41, 5.74) is 0.760. The molecule has 108 valence electrons. The van der Waals surface area contributed by atoms with Crippen molar-refractivity contribution >= 4 is 11.6 Å². The van der Waals surface area contributed by atoms with Crippen molar-refractivity contribution in [2.24, 2.45) is 0 Å². The normalized spacial score (nSPS) is 13.8. The van der Waals surface area contributed by atoms with E-state index in [1.807, 2.05) is 6.92 Å². The maximum absolute atomic E-state index is 12.9. The Bertz CT molecular complexity index is 381. The molecule has 1 N–H and O–H groups in total. The van der Waals surface area contributed by atoms with Gasteiger partial charge in [0.1, 0.15) is 0 Å². The molecule has 6 heteroatoms. The zero-order valence-corrected chi connectivity index (χ0v) is 11.2. The first-order valence-electron chi connectivity index (χ1n) is 6.01. The van der Waals surface area contributed by atoms with Gasteiger partial charge in [0.2, 0.25) is 0 Å². The summed E-state index contributed by atoms with van der Waals surface area (Å²) in [4.78, 5) is 0. The Labute approximate surface area is 115 Å². The number of halogens is 5. The minimum atomic E-state index is -4.02. The first-order valence-corrected chi connectivity index (χ1v) is 6.39. The van der Waals surface area contributed by atoms with Crippen LogP contribution >= 0.6 is 11.6 Å². The number of alkyl halides is 4. The van der Waals surface area contributed by atoms with Crippen LogP contribution in [0.25, 0.3) is 0 Å². The number of hydrogen-bond acceptors (Lipinski definition) is 1. The molecule has 0 heterocycles. The molecule has 1 atom stereocenters. The fourth-order valence-electron chi connectivity index (χ4n) is 1.71. The quantitative estimate of drug-likeness (QED) is 0.721. The van der Waals surface area contributed by atoms with E-state index in [1.54, 1.807) is 24.3 Å². The van der Waals surface area contributed by atoms with Gasteiger partial charge in [0.15, 0.2) is 0 Å². The van der Waals surface area contributed by atoms with Gasteiger partial charge >= 0.3 is 12.3 Å². The summed E-state index contributed by atoms with van der Waals surface area (Å²) in [6.07, 6.45) is -2.32. The number of nitrogens with one attached hydrogen (secondary N) is 1. The highest BCUT2D eigenvalue weighted by Gasteiger charge is 2.40. The van der Waals surface area contributed by atoms with Gasteiger partial charge in [-0.1, -0.05) is 37.1 Å². The van der Waals surface area contributed by atoms with Gasteiger partial charge in [0.25, 0.3) is 0 Å². The second kappa shape index (κ2) is 7.10. The van der Waals surface area contributed by atoms with E-state index in [-0.39, 0.29) is 6.04 Å². The van der Waals surface area contributed by atoms with Gasteiger partial charge in [-0.3, -0.25) is 0 Å². The van der Waals surface area contributed by atoms with Gasteiger partial charge in [-0.15, -0.1) is 0 Å². The van der Waals surface area contributed by atoms with Crippen molar-refractivity contribution in [1.82, 2.24) is 5.32 Å². The molecule has 0 aliphatic rings. The molecular formula is C13H16ClF4N. The SMILES string of the molecule is CCCC(NCC(F)(F)C(F)F)c1ccc(Cl)cc1. The highest BCUT2D eigenvalue weighted by Crippen LogP contribution is 2.25. The molecular weight excluding hydrogens is 282 g/mol. The van der Waals surface area contributed by atoms with E-state index < -0.39 is 18.9 Å². The van der Waals surface area contributed by atoms with E-state index in [9.17, 15) is 17.6 Å². The lowest BCUT2D eigenvalue weighted by Crippen LogP contribution is -2.40. The summed E-state index contributed by atoms with van der Waals surface area (Å²) < 4.78 is 50.0. The molecule has 0 aliphatic heterocycles. The first-order chi connectivity index (χ1) is 8.86. The molecule has 0 radical (unpaired) electrons. The standard InChI is InChI=1S/C13H16ClF4N/c1-2-3-11(9-4-6-10(14)7-5-9)19-8-13(17,18)12(15)16/h4-7,11-12,19H,2-3,8H2,1H3. The molecule has 1 aromatic carbocycles. The summed E-state index contributed by atoms with van der Waals surface area (Å²) in [5.74, 6) is -4.02. The lowest BCUT2D eigenvalue weighted by molar-refractivity contribution is -0.126. The summed E-state index contributed by atoms with van der Waals surface area (Å²) in [6, 6.07) is 6.32. The minimum absolute atomic E-state index is 0.383. The van der Waals surface area contributed by atoms with Crippen LogP contribution in [0.4, 0.5) is 17.6 Å². The van der Waals surface area contributed by atoms with Crippen molar-refractivity contribution in [3.63, 3.8) is 0 Å². The average Bonchev–Trinajstić information content (AvgIpc) is 2.35. The summed E-state index contributed by atoms with van der Waals surface area (Å²) in [7, 11) is 0. The molecule has 0 saturated carbocycles. The van der Waals surface area contributed by atoms with Crippen molar-refractivity contribution in [3.05, 3.63) is 34.9 Å². The van der Waals surface area contributed by atoms with E-state index in [0.29, 0.717) is 11.4 Å². The highest BCUT2D eigenvalue weighted by molar-refractivity contribution is 6.30. The van der Waals surface area contributed by atoms with Gasteiger partial charge in [0, 0.05) is 11.1 Å². The fourth-order valence-corrected chi connectivity index (χ4v) is 1.83. The minimum Gasteiger partial charge on any atom is -0.304 e. The first kappa shape index (κ1) is 16.2. The molecule has 0 spiro atoms. The Morgan fingerprint density at radius 2 is 1.79 bits per heavy atom. The predicted molar refractivity (Wildman–Crippen MR) is 68.1 cm³/mol. The van der Waals surface area contributed by atoms with Crippen LogP contribution in [0.5, 0.6) is 0 Å². The van der Waals surface area contributed by atoms with E-state index >= 15 is 0 Å². The Balaban J connectivity index is 2.71. The number of benzene rings is 1. The lowest BCUT2D eigenvalue weighted by Gasteiger charge is -2.22.